The Kier molecular flexibility index (Phi) is 3.93. The number of benzene rings is 2. The van der Waals surface area contributed by atoms with Gasteiger partial charge in [-0.25, -0.2) is 9.37 Å². The highest BCUT2D eigenvalue weighted by atomic mass is 35.5. The molecule has 108 valence electrons. The molecule has 0 spiro atoms. The molecule has 0 amide bonds. The molecule has 0 saturated heterocycles. The van der Waals surface area contributed by atoms with Crippen LogP contribution in [0.5, 0.6) is 0 Å². The van der Waals surface area contributed by atoms with Crippen molar-refractivity contribution < 1.29 is 4.39 Å². The Labute approximate surface area is 128 Å². The summed E-state index contributed by atoms with van der Waals surface area (Å²) in [5.41, 5.74) is 3.77. The number of imidazole rings is 1. The predicted octanol–water partition coefficient (Wildman–Crippen LogP) is 4.86. The van der Waals surface area contributed by atoms with E-state index in [1.807, 2.05) is 22.8 Å². The first-order valence-corrected chi connectivity index (χ1v) is 7.59. The van der Waals surface area contributed by atoms with Crippen LogP contribution in [0, 0.1) is 5.82 Å². The van der Waals surface area contributed by atoms with E-state index < -0.39 is 0 Å². The van der Waals surface area contributed by atoms with Crippen molar-refractivity contribution in [1.82, 2.24) is 9.55 Å². The summed E-state index contributed by atoms with van der Waals surface area (Å²) in [5, 5.41) is 0. The van der Waals surface area contributed by atoms with Crippen LogP contribution in [-0.4, -0.2) is 9.55 Å². The zero-order chi connectivity index (χ0) is 14.8. The van der Waals surface area contributed by atoms with Gasteiger partial charge in [-0.2, -0.15) is 0 Å². The molecule has 0 radical (unpaired) electrons. The van der Waals surface area contributed by atoms with Gasteiger partial charge in [0.15, 0.2) is 0 Å². The summed E-state index contributed by atoms with van der Waals surface area (Å²) in [6.45, 7) is 2.14. The van der Waals surface area contributed by atoms with Crippen LogP contribution in [0.3, 0.4) is 0 Å². The van der Waals surface area contributed by atoms with Crippen LogP contribution in [0.2, 0.25) is 0 Å². The lowest BCUT2D eigenvalue weighted by atomic mass is 10.1. The van der Waals surface area contributed by atoms with Gasteiger partial charge in [0.05, 0.1) is 22.6 Å². The minimum atomic E-state index is -0.266. The molecule has 0 bridgehead atoms. The van der Waals surface area contributed by atoms with Crippen molar-refractivity contribution in [3.8, 4) is 5.69 Å². The molecule has 1 heterocycles. The highest BCUT2D eigenvalue weighted by Gasteiger charge is 2.14. The van der Waals surface area contributed by atoms with Gasteiger partial charge in [-0.15, -0.1) is 11.6 Å². The maximum absolute atomic E-state index is 13.6. The van der Waals surface area contributed by atoms with E-state index in [0.29, 0.717) is 0 Å². The average molecular weight is 303 g/mol. The summed E-state index contributed by atoms with van der Waals surface area (Å²) >= 11 is 6.05. The fraction of sp³-hybridized carbons (Fsp3) is 0.235. The highest BCUT2D eigenvalue weighted by molar-refractivity contribution is 6.17. The molecular weight excluding hydrogens is 287 g/mol. The van der Waals surface area contributed by atoms with Crippen LogP contribution in [-0.2, 0) is 12.3 Å². The first kappa shape index (κ1) is 14.1. The molecule has 0 aliphatic carbocycles. The largest absolute Gasteiger partial charge is 0.295 e. The molecular formula is C17H16ClFN2. The molecule has 2 nitrogen and oxygen atoms in total. The minimum Gasteiger partial charge on any atom is -0.295 e. The molecule has 4 heteroatoms. The number of alkyl halides is 1. The molecule has 3 rings (SSSR count). The summed E-state index contributed by atoms with van der Waals surface area (Å²) in [4.78, 5) is 4.51. The van der Waals surface area contributed by atoms with Crippen molar-refractivity contribution in [2.45, 2.75) is 25.6 Å². The number of aryl methyl sites for hydroxylation is 1. The number of hydrogen-bond donors (Lipinski definition) is 0. The number of aromatic nitrogens is 2. The number of halogens is 2. The Bertz CT molecular complexity index is 780. The monoisotopic (exact) mass is 302 g/mol. The second kappa shape index (κ2) is 5.86. The molecule has 0 unspecified atom stereocenters. The first-order valence-electron chi connectivity index (χ1n) is 7.05. The number of nitrogens with zero attached hydrogens (tertiary/aromatic N) is 2. The predicted molar refractivity (Wildman–Crippen MR) is 84.6 cm³/mol. The van der Waals surface area contributed by atoms with E-state index in [9.17, 15) is 4.39 Å². The van der Waals surface area contributed by atoms with Crippen molar-refractivity contribution in [3.63, 3.8) is 0 Å². The lowest BCUT2D eigenvalue weighted by molar-refractivity contribution is 0.629. The van der Waals surface area contributed by atoms with Gasteiger partial charge in [0.2, 0.25) is 0 Å². The Balaban J connectivity index is 2.30. The van der Waals surface area contributed by atoms with Crippen LogP contribution >= 0.6 is 11.6 Å². The second-order valence-electron chi connectivity index (χ2n) is 5.01. The lowest BCUT2D eigenvalue weighted by Gasteiger charge is -2.13. The van der Waals surface area contributed by atoms with Gasteiger partial charge in [-0.1, -0.05) is 31.5 Å². The van der Waals surface area contributed by atoms with Crippen LogP contribution in [0.25, 0.3) is 16.7 Å². The van der Waals surface area contributed by atoms with E-state index in [1.54, 1.807) is 6.07 Å². The van der Waals surface area contributed by atoms with E-state index in [4.69, 9.17) is 11.6 Å². The van der Waals surface area contributed by atoms with Crippen molar-refractivity contribution in [3.05, 3.63) is 59.7 Å². The summed E-state index contributed by atoms with van der Waals surface area (Å²) in [5.74, 6) is 0.759. The first-order chi connectivity index (χ1) is 10.2. The molecule has 0 fully saturated rings. The Morgan fingerprint density at radius 3 is 2.76 bits per heavy atom. The molecule has 0 N–H and O–H groups in total. The number of rotatable bonds is 4. The van der Waals surface area contributed by atoms with Gasteiger partial charge < -0.3 is 0 Å². The van der Waals surface area contributed by atoms with Crippen molar-refractivity contribution in [2.75, 3.05) is 0 Å². The van der Waals surface area contributed by atoms with E-state index in [2.05, 4.69) is 18.0 Å². The summed E-state index contributed by atoms with van der Waals surface area (Å²) < 4.78 is 15.6. The minimum absolute atomic E-state index is 0.266. The maximum Gasteiger partial charge on any atom is 0.129 e. The second-order valence-corrected chi connectivity index (χ2v) is 5.28. The molecule has 3 aromatic rings. The van der Waals surface area contributed by atoms with Crippen molar-refractivity contribution in [1.29, 1.82) is 0 Å². The maximum atomic E-state index is 13.6. The molecule has 0 atom stereocenters. The van der Waals surface area contributed by atoms with Crippen LogP contribution in [0.4, 0.5) is 4.39 Å². The molecule has 2 aromatic carbocycles. The lowest BCUT2D eigenvalue weighted by Crippen LogP contribution is -2.03. The van der Waals surface area contributed by atoms with Gasteiger partial charge in [0.1, 0.15) is 11.6 Å². The summed E-state index contributed by atoms with van der Waals surface area (Å²) in [6.07, 6.45) is 2.01. The molecule has 0 aliphatic rings. The Morgan fingerprint density at radius 2 is 2.00 bits per heavy atom. The summed E-state index contributed by atoms with van der Waals surface area (Å²) in [7, 11) is 0. The highest BCUT2D eigenvalue weighted by Crippen LogP contribution is 2.26. The average Bonchev–Trinajstić information content (AvgIpc) is 2.86. The SMILES string of the molecule is CCCc1ccccc1-n1c(CCl)nc2ccc(F)cc21. The fourth-order valence-corrected chi connectivity index (χ4v) is 2.85. The molecule has 0 aliphatic heterocycles. The van der Waals surface area contributed by atoms with Gasteiger partial charge >= 0.3 is 0 Å². The number of hydrogen-bond acceptors (Lipinski definition) is 1. The summed E-state index contributed by atoms with van der Waals surface area (Å²) in [6, 6.07) is 12.8. The van der Waals surface area contributed by atoms with Crippen molar-refractivity contribution >= 4 is 22.6 Å². The third kappa shape index (κ3) is 2.54. The van der Waals surface area contributed by atoms with Crippen LogP contribution < -0.4 is 0 Å². The smallest absolute Gasteiger partial charge is 0.129 e. The quantitative estimate of drug-likeness (QED) is 0.630. The molecule has 21 heavy (non-hydrogen) atoms. The van der Waals surface area contributed by atoms with E-state index in [-0.39, 0.29) is 11.7 Å². The zero-order valence-electron chi connectivity index (χ0n) is 11.8. The molecule has 0 saturated carbocycles. The van der Waals surface area contributed by atoms with Crippen LogP contribution in [0.15, 0.2) is 42.5 Å². The third-order valence-corrected chi connectivity index (χ3v) is 3.80. The number of para-hydroxylation sites is 1. The van der Waals surface area contributed by atoms with Crippen LogP contribution in [0.1, 0.15) is 24.7 Å². The van der Waals surface area contributed by atoms with Gasteiger partial charge in [0.25, 0.3) is 0 Å². The van der Waals surface area contributed by atoms with Crippen molar-refractivity contribution in [2.24, 2.45) is 0 Å². The Morgan fingerprint density at radius 1 is 1.19 bits per heavy atom. The van der Waals surface area contributed by atoms with E-state index >= 15 is 0 Å². The van der Waals surface area contributed by atoms with Gasteiger partial charge in [-0.3, -0.25) is 4.57 Å². The van der Waals surface area contributed by atoms with Gasteiger partial charge in [-0.05, 0) is 30.2 Å². The molecule has 1 aromatic heterocycles. The topological polar surface area (TPSA) is 17.8 Å². The van der Waals surface area contributed by atoms with E-state index in [0.717, 1.165) is 35.4 Å². The van der Waals surface area contributed by atoms with E-state index in [1.165, 1.54) is 17.7 Å². The Hall–Kier alpha value is -1.87. The zero-order valence-corrected chi connectivity index (χ0v) is 12.6. The third-order valence-electron chi connectivity index (χ3n) is 3.56. The number of fused-ring (bicyclic) bond motifs is 1. The fourth-order valence-electron chi connectivity index (χ4n) is 2.67. The normalized spacial score (nSPS) is 11.2. The van der Waals surface area contributed by atoms with Gasteiger partial charge in [0, 0.05) is 6.07 Å². The standard InChI is InChI=1S/C17H16ClFN2/c1-2-5-12-6-3-4-7-15(12)21-16-10-13(19)8-9-14(16)20-17(21)11-18/h3-4,6-10H,2,5,11H2,1H3.